The van der Waals surface area contributed by atoms with Crippen LogP contribution in [0.1, 0.15) is 18.4 Å². The molecule has 0 amide bonds. The Morgan fingerprint density at radius 1 is 1.36 bits per heavy atom. The fourth-order valence-electron chi connectivity index (χ4n) is 2.89. The molecule has 1 aromatic heterocycles. The van der Waals surface area contributed by atoms with E-state index in [4.69, 9.17) is 11.6 Å². The van der Waals surface area contributed by atoms with Crippen LogP contribution in [0.15, 0.2) is 24.4 Å². The highest BCUT2D eigenvalue weighted by Crippen LogP contribution is 2.38. The summed E-state index contributed by atoms with van der Waals surface area (Å²) in [7, 11) is 0. The first-order valence-corrected chi connectivity index (χ1v) is 7.52. The summed E-state index contributed by atoms with van der Waals surface area (Å²) in [6.45, 7) is 0.484. The van der Waals surface area contributed by atoms with Gasteiger partial charge in [0.05, 0.1) is 16.2 Å². The van der Waals surface area contributed by atoms with Crippen molar-refractivity contribution in [2.45, 2.75) is 25.2 Å². The second-order valence-corrected chi connectivity index (χ2v) is 5.89. The highest BCUT2D eigenvalue weighted by molar-refractivity contribution is 6.36. The van der Waals surface area contributed by atoms with Crippen molar-refractivity contribution >= 4 is 34.5 Å². The van der Waals surface area contributed by atoms with Gasteiger partial charge < -0.3 is 9.69 Å². The largest absolute Gasteiger partial charge is 0.369 e. The van der Waals surface area contributed by atoms with Gasteiger partial charge in [0.25, 0.3) is 5.92 Å². The molecule has 0 saturated carbocycles. The second-order valence-electron chi connectivity index (χ2n) is 5.48. The number of hydrogen-bond acceptors (Lipinski definition) is 3. The SMILES string of the molecule is O=CCc1cc(Cl)c2cccnc2c1N1CCC(F)(F)CC1. The van der Waals surface area contributed by atoms with Crippen LogP contribution in [0, 0.1) is 0 Å². The molecule has 3 nitrogen and oxygen atoms in total. The monoisotopic (exact) mass is 324 g/mol. The van der Waals surface area contributed by atoms with Crippen molar-refractivity contribution in [1.82, 2.24) is 4.98 Å². The van der Waals surface area contributed by atoms with E-state index in [-0.39, 0.29) is 32.4 Å². The van der Waals surface area contributed by atoms with Crippen LogP contribution in [-0.4, -0.2) is 30.3 Å². The molecular weight excluding hydrogens is 310 g/mol. The lowest BCUT2D eigenvalue weighted by atomic mass is 10.0. The third-order valence-corrected chi connectivity index (χ3v) is 4.32. The van der Waals surface area contributed by atoms with Crippen LogP contribution in [0.3, 0.4) is 0 Å². The molecule has 0 atom stereocenters. The average Bonchev–Trinajstić information content (AvgIpc) is 2.49. The third-order valence-electron chi connectivity index (χ3n) is 4.01. The molecule has 6 heteroatoms. The van der Waals surface area contributed by atoms with Crippen LogP contribution in [0.25, 0.3) is 10.9 Å². The van der Waals surface area contributed by atoms with Crippen molar-refractivity contribution in [2.75, 3.05) is 18.0 Å². The molecular formula is C16H15ClF2N2O. The Kier molecular flexibility index (Phi) is 4.00. The zero-order chi connectivity index (χ0) is 15.7. The predicted molar refractivity (Wildman–Crippen MR) is 82.9 cm³/mol. The molecule has 0 radical (unpaired) electrons. The number of hydrogen-bond donors (Lipinski definition) is 0. The number of aldehydes is 1. The van der Waals surface area contributed by atoms with Gasteiger partial charge in [-0.1, -0.05) is 11.6 Å². The topological polar surface area (TPSA) is 33.2 Å². The van der Waals surface area contributed by atoms with Gasteiger partial charge >= 0.3 is 0 Å². The Bertz CT molecular complexity index is 711. The minimum Gasteiger partial charge on any atom is -0.369 e. The first kappa shape index (κ1) is 15.2. The third kappa shape index (κ3) is 2.77. The van der Waals surface area contributed by atoms with E-state index in [1.54, 1.807) is 18.3 Å². The molecule has 0 unspecified atom stereocenters. The number of nitrogens with zero attached hydrogens (tertiary/aromatic N) is 2. The van der Waals surface area contributed by atoms with Crippen molar-refractivity contribution < 1.29 is 13.6 Å². The molecule has 2 heterocycles. The van der Waals surface area contributed by atoms with Gasteiger partial charge in [0.1, 0.15) is 6.29 Å². The summed E-state index contributed by atoms with van der Waals surface area (Å²) >= 11 is 6.26. The summed E-state index contributed by atoms with van der Waals surface area (Å²) in [4.78, 5) is 17.2. The van der Waals surface area contributed by atoms with Gasteiger partial charge in [-0.3, -0.25) is 4.98 Å². The number of carbonyl (C=O) groups is 1. The van der Waals surface area contributed by atoms with Gasteiger partial charge in [-0.05, 0) is 23.8 Å². The lowest BCUT2D eigenvalue weighted by molar-refractivity contribution is -0.107. The molecule has 1 fully saturated rings. The maximum absolute atomic E-state index is 13.4. The van der Waals surface area contributed by atoms with Gasteiger partial charge in [-0.25, -0.2) is 8.78 Å². The summed E-state index contributed by atoms with van der Waals surface area (Å²) in [6.07, 6.45) is 2.25. The van der Waals surface area contributed by atoms with Crippen molar-refractivity contribution in [2.24, 2.45) is 0 Å². The summed E-state index contributed by atoms with van der Waals surface area (Å²) in [5, 5.41) is 1.29. The van der Waals surface area contributed by atoms with Crippen molar-refractivity contribution in [3.8, 4) is 0 Å². The molecule has 1 aliphatic rings. The smallest absolute Gasteiger partial charge is 0.251 e. The predicted octanol–water partition coefficient (Wildman–Crippen LogP) is 3.87. The lowest BCUT2D eigenvalue weighted by Gasteiger charge is -2.35. The Balaban J connectivity index is 2.12. The van der Waals surface area contributed by atoms with E-state index in [1.165, 1.54) is 0 Å². The molecule has 2 aromatic rings. The van der Waals surface area contributed by atoms with E-state index in [0.29, 0.717) is 10.5 Å². The van der Waals surface area contributed by atoms with Crippen LogP contribution in [0.4, 0.5) is 14.5 Å². The molecule has 0 bridgehead atoms. The molecule has 116 valence electrons. The van der Waals surface area contributed by atoms with E-state index in [0.717, 1.165) is 22.9 Å². The van der Waals surface area contributed by atoms with Gasteiger partial charge in [0.2, 0.25) is 0 Å². The number of rotatable bonds is 3. The fourth-order valence-corrected chi connectivity index (χ4v) is 3.18. The van der Waals surface area contributed by atoms with E-state index < -0.39 is 5.92 Å². The number of fused-ring (bicyclic) bond motifs is 1. The summed E-state index contributed by atoms with van der Waals surface area (Å²) in [6, 6.07) is 5.36. The number of benzene rings is 1. The maximum Gasteiger partial charge on any atom is 0.251 e. The Hall–Kier alpha value is -1.75. The first-order chi connectivity index (χ1) is 10.5. The highest BCUT2D eigenvalue weighted by atomic mass is 35.5. The second kappa shape index (κ2) is 5.80. The number of pyridine rings is 1. The number of anilines is 1. The van der Waals surface area contributed by atoms with Gasteiger partial charge in [-0.15, -0.1) is 0 Å². The Morgan fingerprint density at radius 3 is 2.77 bits per heavy atom. The van der Waals surface area contributed by atoms with E-state index in [2.05, 4.69) is 4.98 Å². The number of alkyl halides is 2. The van der Waals surface area contributed by atoms with Crippen molar-refractivity contribution in [1.29, 1.82) is 0 Å². The maximum atomic E-state index is 13.4. The quantitative estimate of drug-likeness (QED) is 0.804. The van der Waals surface area contributed by atoms with Gasteiger partial charge in [0.15, 0.2) is 0 Å². The number of piperidine rings is 1. The van der Waals surface area contributed by atoms with Crippen LogP contribution in [0.2, 0.25) is 5.02 Å². The molecule has 22 heavy (non-hydrogen) atoms. The number of carbonyl (C=O) groups excluding carboxylic acids is 1. The summed E-state index contributed by atoms with van der Waals surface area (Å²) in [5.41, 5.74) is 2.15. The number of aromatic nitrogens is 1. The van der Waals surface area contributed by atoms with Crippen LogP contribution in [0.5, 0.6) is 0 Å². The summed E-state index contributed by atoms with van der Waals surface area (Å²) < 4.78 is 26.8. The van der Waals surface area contributed by atoms with E-state index in [1.807, 2.05) is 11.0 Å². The number of halogens is 3. The van der Waals surface area contributed by atoms with Crippen LogP contribution in [-0.2, 0) is 11.2 Å². The standard InChI is InChI=1S/C16H15ClF2N2O/c17-13-10-11(3-9-22)15(14-12(13)2-1-6-20-14)21-7-4-16(18,19)5-8-21/h1-2,6,9-10H,3-5,7-8H2. The molecule has 1 aliphatic heterocycles. The molecule has 0 spiro atoms. The lowest BCUT2D eigenvalue weighted by Crippen LogP contribution is -2.40. The fraction of sp³-hybridized carbons (Fsp3) is 0.375. The van der Waals surface area contributed by atoms with E-state index in [9.17, 15) is 13.6 Å². The van der Waals surface area contributed by atoms with Gasteiger partial charge in [0, 0.05) is 43.9 Å². The van der Waals surface area contributed by atoms with Crippen molar-refractivity contribution in [3.05, 3.63) is 35.0 Å². The zero-order valence-electron chi connectivity index (χ0n) is 11.9. The summed E-state index contributed by atoms with van der Waals surface area (Å²) in [5.74, 6) is -2.61. The van der Waals surface area contributed by atoms with Crippen LogP contribution < -0.4 is 4.90 Å². The first-order valence-electron chi connectivity index (χ1n) is 7.14. The molecule has 0 N–H and O–H groups in total. The Labute approximate surface area is 131 Å². The molecule has 0 aliphatic carbocycles. The van der Waals surface area contributed by atoms with Gasteiger partial charge in [-0.2, -0.15) is 0 Å². The highest BCUT2D eigenvalue weighted by Gasteiger charge is 2.35. The molecule has 1 saturated heterocycles. The normalized spacial score (nSPS) is 17.7. The van der Waals surface area contributed by atoms with Crippen molar-refractivity contribution in [3.63, 3.8) is 0 Å². The minimum absolute atomic E-state index is 0.189. The Morgan fingerprint density at radius 2 is 2.09 bits per heavy atom. The molecule has 1 aromatic carbocycles. The zero-order valence-corrected chi connectivity index (χ0v) is 12.6. The molecule has 3 rings (SSSR count). The minimum atomic E-state index is -2.61. The average molecular weight is 325 g/mol. The van der Waals surface area contributed by atoms with E-state index >= 15 is 0 Å². The van der Waals surface area contributed by atoms with Crippen LogP contribution >= 0.6 is 11.6 Å².